The summed E-state index contributed by atoms with van der Waals surface area (Å²) in [6.07, 6.45) is 1.68. The van der Waals surface area contributed by atoms with Gasteiger partial charge in [0, 0.05) is 5.38 Å². The molecule has 0 aliphatic rings. The smallest absolute Gasteiger partial charge is 0.205 e. The van der Waals surface area contributed by atoms with Crippen LogP contribution in [0.25, 0.3) is 0 Å². The highest BCUT2D eigenvalue weighted by molar-refractivity contribution is 7.14. The molecule has 3 N–H and O–H groups in total. The molecule has 1 aromatic heterocycles. The summed E-state index contributed by atoms with van der Waals surface area (Å²) in [4.78, 5) is 4.04. The van der Waals surface area contributed by atoms with Crippen LogP contribution in [0.4, 0.5) is 10.9 Å². The second kappa shape index (κ2) is 6.76. The van der Waals surface area contributed by atoms with E-state index in [1.54, 1.807) is 18.7 Å². The molecule has 7 heteroatoms. The molecule has 1 heterocycles. The third-order valence-corrected chi connectivity index (χ3v) is 3.15. The highest BCUT2D eigenvalue weighted by Gasteiger charge is 2.04. The third kappa shape index (κ3) is 3.61. The summed E-state index contributed by atoms with van der Waals surface area (Å²) < 4.78 is 10.7. The highest BCUT2D eigenvalue weighted by atomic mass is 32.1. The molecular formula is C13H16N4O2S. The van der Waals surface area contributed by atoms with E-state index >= 15 is 0 Å². The van der Waals surface area contributed by atoms with Crippen molar-refractivity contribution < 1.29 is 9.47 Å². The van der Waals surface area contributed by atoms with Crippen molar-refractivity contribution in [3.05, 3.63) is 29.1 Å². The van der Waals surface area contributed by atoms with Crippen molar-refractivity contribution in [1.82, 2.24) is 4.98 Å². The van der Waals surface area contributed by atoms with Crippen molar-refractivity contribution in [2.24, 2.45) is 5.10 Å². The van der Waals surface area contributed by atoms with Crippen LogP contribution in [-0.4, -0.2) is 24.9 Å². The highest BCUT2D eigenvalue weighted by Crippen LogP contribution is 2.27. The van der Waals surface area contributed by atoms with Crippen LogP contribution in [-0.2, 0) is 0 Å². The number of rotatable bonds is 6. The lowest BCUT2D eigenvalue weighted by Crippen LogP contribution is -1.97. The maximum atomic E-state index is 5.52. The number of nitrogen functional groups attached to an aromatic ring is 1. The number of aromatic nitrogens is 1. The quantitative estimate of drug-likeness (QED) is 0.631. The molecule has 106 valence electrons. The second-order valence-electron chi connectivity index (χ2n) is 3.79. The van der Waals surface area contributed by atoms with E-state index in [0.717, 1.165) is 5.56 Å². The predicted octanol–water partition coefficient (Wildman–Crippen LogP) is 2.58. The summed E-state index contributed by atoms with van der Waals surface area (Å²) in [6.45, 7) is 2.52. The van der Waals surface area contributed by atoms with Gasteiger partial charge in [-0.05, 0) is 30.7 Å². The van der Waals surface area contributed by atoms with Crippen molar-refractivity contribution >= 4 is 28.5 Å². The molecule has 0 atom stereocenters. The fourth-order valence-corrected chi connectivity index (χ4v) is 2.09. The number of nitrogens with zero attached hydrogens (tertiary/aromatic N) is 2. The van der Waals surface area contributed by atoms with E-state index in [2.05, 4.69) is 15.5 Å². The Hall–Kier alpha value is -2.28. The van der Waals surface area contributed by atoms with Crippen LogP contribution in [0.2, 0.25) is 0 Å². The summed E-state index contributed by atoms with van der Waals surface area (Å²) >= 11 is 1.40. The van der Waals surface area contributed by atoms with Gasteiger partial charge in [0.15, 0.2) is 11.5 Å². The summed E-state index contributed by atoms with van der Waals surface area (Å²) in [5.41, 5.74) is 9.23. The van der Waals surface area contributed by atoms with Crippen LogP contribution in [0.15, 0.2) is 28.7 Å². The number of hydrogen-bond donors (Lipinski definition) is 2. The summed E-state index contributed by atoms with van der Waals surface area (Å²) in [7, 11) is 1.61. The summed E-state index contributed by atoms with van der Waals surface area (Å²) in [5, 5.41) is 6.49. The molecule has 0 radical (unpaired) electrons. The SMILES string of the molecule is CCOc1ccc(C=NNc2nc(N)cs2)cc1OC. The topological polar surface area (TPSA) is 81.8 Å². The van der Waals surface area contributed by atoms with Crippen LogP contribution in [0.5, 0.6) is 11.5 Å². The van der Waals surface area contributed by atoms with Gasteiger partial charge in [-0.15, -0.1) is 11.3 Å². The Kier molecular flexibility index (Phi) is 4.78. The van der Waals surface area contributed by atoms with E-state index < -0.39 is 0 Å². The van der Waals surface area contributed by atoms with Crippen LogP contribution in [0.1, 0.15) is 12.5 Å². The molecule has 0 bridgehead atoms. The van der Waals surface area contributed by atoms with Crippen LogP contribution in [0, 0.1) is 0 Å². The molecule has 6 nitrogen and oxygen atoms in total. The number of methoxy groups -OCH3 is 1. The average molecular weight is 292 g/mol. The Bertz CT molecular complexity index is 598. The number of thiazole rings is 1. The zero-order valence-corrected chi connectivity index (χ0v) is 12.1. The Morgan fingerprint density at radius 2 is 2.30 bits per heavy atom. The van der Waals surface area contributed by atoms with Gasteiger partial charge >= 0.3 is 0 Å². The monoisotopic (exact) mass is 292 g/mol. The Morgan fingerprint density at radius 1 is 1.45 bits per heavy atom. The van der Waals surface area contributed by atoms with E-state index in [4.69, 9.17) is 15.2 Å². The molecule has 2 rings (SSSR count). The zero-order chi connectivity index (χ0) is 14.4. The van der Waals surface area contributed by atoms with E-state index in [1.165, 1.54) is 11.3 Å². The number of hydrogen-bond acceptors (Lipinski definition) is 7. The molecule has 0 spiro atoms. The predicted molar refractivity (Wildman–Crippen MR) is 81.9 cm³/mol. The molecular weight excluding hydrogens is 276 g/mol. The number of nitrogens with two attached hydrogens (primary N) is 1. The first-order valence-electron chi connectivity index (χ1n) is 6.04. The van der Waals surface area contributed by atoms with Crippen LogP contribution < -0.4 is 20.6 Å². The maximum Gasteiger partial charge on any atom is 0.205 e. The molecule has 2 aromatic rings. The normalized spacial score (nSPS) is 10.7. The van der Waals surface area contributed by atoms with E-state index in [0.29, 0.717) is 29.1 Å². The Labute approximate surface area is 121 Å². The number of anilines is 2. The molecule has 0 aliphatic carbocycles. The van der Waals surface area contributed by atoms with E-state index in [9.17, 15) is 0 Å². The first-order chi connectivity index (χ1) is 9.72. The molecule has 0 saturated carbocycles. The van der Waals surface area contributed by atoms with Crippen molar-refractivity contribution in [2.45, 2.75) is 6.92 Å². The van der Waals surface area contributed by atoms with Crippen molar-refractivity contribution in [2.75, 3.05) is 24.9 Å². The van der Waals surface area contributed by atoms with Crippen molar-refractivity contribution in [3.63, 3.8) is 0 Å². The molecule has 20 heavy (non-hydrogen) atoms. The minimum absolute atomic E-state index is 0.482. The fraction of sp³-hybridized carbons (Fsp3) is 0.231. The van der Waals surface area contributed by atoms with Gasteiger partial charge in [0.1, 0.15) is 5.82 Å². The van der Waals surface area contributed by atoms with Gasteiger partial charge in [-0.2, -0.15) is 5.10 Å². The number of hydrazone groups is 1. The summed E-state index contributed by atoms with van der Waals surface area (Å²) in [5.74, 6) is 1.87. The standard InChI is InChI=1S/C13H16N4O2S/c1-3-19-10-5-4-9(6-11(10)18-2)7-15-17-13-16-12(14)8-20-13/h4-8H,3,14H2,1-2H3,(H,16,17). The van der Waals surface area contributed by atoms with Gasteiger partial charge in [0.05, 0.1) is 19.9 Å². The van der Waals surface area contributed by atoms with Crippen LogP contribution in [0.3, 0.4) is 0 Å². The van der Waals surface area contributed by atoms with Gasteiger partial charge < -0.3 is 15.2 Å². The lowest BCUT2D eigenvalue weighted by atomic mass is 10.2. The van der Waals surface area contributed by atoms with Gasteiger partial charge in [0.2, 0.25) is 5.13 Å². The average Bonchev–Trinajstić information content (AvgIpc) is 2.86. The van der Waals surface area contributed by atoms with Gasteiger partial charge in [-0.3, -0.25) is 5.43 Å². The zero-order valence-electron chi connectivity index (χ0n) is 11.3. The van der Waals surface area contributed by atoms with Crippen LogP contribution >= 0.6 is 11.3 Å². The Balaban J connectivity index is 2.05. The van der Waals surface area contributed by atoms with Gasteiger partial charge in [-0.1, -0.05) is 0 Å². The van der Waals surface area contributed by atoms with Gasteiger partial charge in [-0.25, -0.2) is 4.98 Å². The van der Waals surface area contributed by atoms with Gasteiger partial charge in [0.25, 0.3) is 0 Å². The van der Waals surface area contributed by atoms with Crippen molar-refractivity contribution in [1.29, 1.82) is 0 Å². The first-order valence-corrected chi connectivity index (χ1v) is 6.91. The largest absolute Gasteiger partial charge is 0.493 e. The van der Waals surface area contributed by atoms with E-state index in [-0.39, 0.29) is 0 Å². The molecule has 0 aliphatic heterocycles. The van der Waals surface area contributed by atoms with Crippen molar-refractivity contribution in [3.8, 4) is 11.5 Å². The Morgan fingerprint density at radius 3 is 2.95 bits per heavy atom. The number of ether oxygens (including phenoxy) is 2. The lowest BCUT2D eigenvalue weighted by Gasteiger charge is -2.09. The minimum Gasteiger partial charge on any atom is -0.493 e. The maximum absolute atomic E-state index is 5.52. The van der Waals surface area contributed by atoms with E-state index in [1.807, 2.05) is 25.1 Å². The summed E-state index contributed by atoms with van der Waals surface area (Å²) in [6, 6.07) is 5.60. The second-order valence-corrected chi connectivity index (χ2v) is 4.65. The molecule has 0 saturated heterocycles. The number of benzene rings is 1. The lowest BCUT2D eigenvalue weighted by molar-refractivity contribution is 0.311. The fourth-order valence-electron chi connectivity index (χ4n) is 1.54. The molecule has 1 aromatic carbocycles. The minimum atomic E-state index is 0.482. The molecule has 0 unspecified atom stereocenters. The third-order valence-electron chi connectivity index (χ3n) is 2.38. The number of nitrogens with one attached hydrogen (secondary N) is 1. The molecule has 0 fully saturated rings. The molecule has 0 amide bonds. The first kappa shape index (κ1) is 14.1.